The van der Waals surface area contributed by atoms with E-state index in [1.54, 1.807) is 0 Å². The first-order valence-electron chi connectivity index (χ1n) is 4.83. The second-order valence-electron chi connectivity index (χ2n) is 2.77. The van der Waals surface area contributed by atoms with Gasteiger partial charge in [-0.25, -0.2) is 0 Å². The molecule has 78 valence electrons. The van der Waals surface area contributed by atoms with Gasteiger partial charge in [0.25, 0.3) is 0 Å². The predicted molar refractivity (Wildman–Crippen MR) is 68.0 cm³/mol. The summed E-state index contributed by atoms with van der Waals surface area (Å²) in [5, 5.41) is 1.39. The van der Waals surface area contributed by atoms with E-state index in [-0.39, 0.29) is 24.8 Å². The molecule has 0 aromatic rings. The topological polar surface area (TPSA) is 0 Å². The van der Waals surface area contributed by atoms with Crippen LogP contribution in [0.5, 0.6) is 0 Å². The van der Waals surface area contributed by atoms with Crippen molar-refractivity contribution in [2.24, 2.45) is 0 Å². The first-order valence-corrected chi connectivity index (χ1v) is 6.24. The maximum absolute atomic E-state index is 2.25. The molecule has 0 saturated heterocycles. The van der Waals surface area contributed by atoms with E-state index in [1.165, 1.54) is 53.7 Å². The van der Waals surface area contributed by atoms with Gasteiger partial charge in [-0.3, -0.25) is 0 Å². The van der Waals surface area contributed by atoms with E-state index >= 15 is 0 Å². The summed E-state index contributed by atoms with van der Waals surface area (Å²) in [6.07, 6.45) is 7.01. The van der Waals surface area contributed by atoms with Gasteiger partial charge in [-0.2, -0.15) is 0 Å². The van der Waals surface area contributed by atoms with Crippen LogP contribution >= 0.6 is 24.8 Å². The van der Waals surface area contributed by atoms with Crippen molar-refractivity contribution in [1.82, 2.24) is 0 Å². The van der Waals surface area contributed by atoms with Crippen LogP contribution in [0.15, 0.2) is 0 Å². The lowest BCUT2D eigenvalue weighted by molar-refractivity contribution is 0.656. The minimum Gasteiger partial charge on any atom is -0.147 e. The third kappa shape index (κ3) is 43.5. The summed E-state index contributed by atoms with van der Waals surface area (Å²) < 4.78 is 0. The predicted octanol–water partition coefficient (Wildman–Crippen LogP) is 3.88. The molecule has 0 N–H and O–H groups in total. The number of hydrogen-bond acceptors (Lipinski definition) is 0. The van der Waals surface area contributed by atoms with Crippen LogP contribution in [-0.4, -0.2) is 16.3 Å². The van der Waals surface area contributed by atoms with E-state index < -0.39 is 0 Å². The van der Waals surface area contributed by atoms with Crippen molar-refractivity contribution < 1.29 is 0 Å². The highest BCUT2D eigenvalue weighted by Crippen LogP contribution is 2.00. The average molecular weight is 231 g/mol. The number of rotatable bonds is 4. The molecular formula is C9H25AlCl2. The molecule has 0 rings (SSSR count). The molecule has 0 spiro atoms. The number of unbranched alkanes of at least 4 members (excludes halogenated alkanes) is 4. The molecule has 0 saturated carbocycles. The normalized spacial score (nSPS) is 6.92. The van der Waals surface area contributed by atoms with Crippen molar-refractivity contribution in [3.63, 3.8) is 0 Å². The highest BCUT2D eigenvalue weighted by atomic mass is 35.5. The molecule has 0 aromatic carbocycles. The van der Waals surface area contributed by atoms with Gasteiger partial charge in [0.2, 0.25) is 16.3 Å². The molecule has 0 aliphatic rings. The molecule has 3 heteroatoms. The van der Waals surface area contributed by atoms with Crippen LogP contribution in [0.1, 0.15) is 52.9 Å². The maximum Gasteiger partial charge on any atom is 0.211 e. The lowest BCUT2D eigenvalue weighted by Gasteiger charge is -1.90. The van der Waals surface area contributed by atoms with Crippen LogP contribution in [0, 0.1) is 0 Å². The monoisotopic (exact) mass is 230 g/mol. The van der Waals surface area contributed by atoms with Gasteiger partial charge in [-0.05, 0) is 0 Å². The quantitative estimate of drug-likeness (QED) is 0.508. The molecule has 0 heterocycles. The summed E-state index contributed by atoms with van der Waals surface area (Å²) in [6, 6.07) is 0. The van der Waals surface area contributed by atoms with E-state index in [1.807, 2.05) is 0 Å². The van der Waals surface area contributed by atoms with Crippen molar-refractivity contribution in [2.45, 2.75) is 58.2 Å². The Hall–Kier alpha value is 1.11. The zero-order valence-corrected chi connectivity index (χ0v) is 12.7. The highest BCUT2D eigenvalue weighted by molar-refractivity contribution is 6.08. The van der Waals surface area contributed by atoms with Crippen LogP contribution in [0.4, 0.5) is 0 Å². The Morgan fingerprint density at radius 3 is 1.17 bits per heavy atom. The Morgan fingerprint density at radius 1 is 0.750 bits per heavy atom. The van der Waals surface area contributed by atoms with E-state index in [0.717, 1.165) is 0 Å². The van der Waals surface area contributed by atoms with Crippen molar-refractivity contribution in [3.8, 4) is 0 Å². The van der Waals surface area contributed by atoms with Crippen molar-refractivity contribution >= 4 is 41.1 Å². The minimum absolute atomic E-state index is 0. The molecule has 0 nitrogen and oxygen atoms in total. The van der Waals surface area contributed by atoms with Gasteiger partial charge in [0, 0.05) is 0 Å². The van der Waals surface area contributed by atoms with Crippen LogP contribution in [0.2, 0.25) is 5.28 Å². The first-order chi connectivity index (χ1) is 4.83. The molecule has 12 heavy (non-hydrogen) atoms. The lowest BCUT2D eigenvalue weighted by Crippen LogP contribution is -1.70. The molecule has 0 amide bonds. The van der Waals surface area contributed by atoms with Gasteiger partial charge in [0.05, 0.1) is 0 Å². The Bertz CT molecular complexity index is 39.5. The molecule has 0 bridgehead atoms. The SMILES string of the molecule is CCCCCCC.C[CH2][AlH2].Cl.Cl. The van der Waals surface area contributed by atoms with Crippen LogP contribution in [0.3, 0.4) is 0 Å². The lowest BCUT2D eigenvalue weighted by atomic mass is 10.2. The summed E-state index contributed by atoms with van der Waals surface area (Å²) in [7, 11) is 0. The smallest absolute Gasteiger partial charge is 0.147 e. The summed E-state index contributed by atoms with van der Waals surface area (Å²) in [6.45, 7) is 6.68. The van der Waals surface area contributed by atoms with Crippen LogP contribution in [-0.2, 0) is 0 Å². The van der Waals surface area contributed by atoms with E-state index in [0.29, 0.717) is 0 Å². The number of halogens is 2. The fraction of sp³-hybridized carbons (Fsp3) is 1.00. The third-order valence-electron chi connectivity index (χ3n) is 1.21. The summed E-state index contributed by atoms with van der Waals surface area (Å²) in [4.78, 5) is 0. The average Bonchev–Trinajstić information content (AvgIpc) is 1.91. The largest absolute Gasteiger partial charge is 0.211 e. The molecule has 0 atom stereocenters. The van der Waals surface area contributed by atoms with E-state index in [4.69, 9.17) is 0 Å². The van der Waals surface area contributed by atoms with Crippen LogP contribution < -0.4 is 0 Å². The zero-order chi connectivity index (χ0) is 8.24. The van der Waals surface area contributed by atoms with Gasteiger partial charge >= 0.3 is 0 Å². The van der Waals surface area contributed by atoms with Gasteiger partial charge in [0.1, 0.15) is 0 Å². The highest BCUT2D eigenvalue weighted by Gasteiger charge is 1.80. The fourth-order valence-electron chi connectivity index (χ4n) is 0.677. The summed E-state index contributed by atoms with van der Waals surface area (Å²) in [5.74, 6) is 0. The molecule has 0 fully saturated rings. The molecule has 0 aliphatic carbocycles. The summed E-state index contributed by atoms with van der Waals surface area (Å²) >= 11 is 1.37. The molecule has 0 unspecified atom stereocenters. The van der Waals surface area contributed by atoms with E-state index in [2.05, 4.69) is 20.8 Å². The molecular weight excluding hydrogens is 206 g/mol. The van der Waals surface area contributed by atoms with Gasteiger partial charge in [-0.1, -0.05) is 52.9 Å². The standard InChI is InChI=1S/C7H16.C2H5.Al.2ClH.2H/c1-3-5-7-6-4-2;1-2;;;;;/h3-7H2,1-2H3;1H2,2H3;;2*1H;;. The Kier molecular flexibility index (Phi) is 57.1. The maximum atomic E-state index is 2.25. The molecule has 0 radical (unpaired) electrons. The third-order valence-corrected chi connectivity index (χ3v) is 1.21. The number of hydrogen-bond donors (Lipinski definition) is 0. The van der Waals surface area contributed by atoms with Gasteiger partial charge in [-0.15, -0.1) is 30.1 Å². The first kappa shape index (κ1) is 23.2. The Morgan fingerprint density at radius 2 is 1.00 bits per heavy atom. The molecule has 0 aliphatic heterocycles. The second-order valence-corrected chi connectivity index (χ2v) is 4.18. The zero-order valence-electron chi connectivity index (χ0n) is 9.06. The molecule has 0 aromatic heterocycles. The van der Waals surface area contributed by atoms with Crippen molar-refractivity contribution in [2.75, 3.05) is 0 Å². The minimum atomic E-state index is 0. The van der Waals surface area contributed by atoms with Crippen molar-refractivity contribution in [1.29, 1.82) is 0 Å². The van der Waals surface area contributed by atoms with Crippen LogP contribution in [0.25, 0.3) is 0 Å². The Labute approximate surface area is 99.1 Å². The van der Waals surface area contributed by atoms with Crippen molar-refractivity contribution in [3.05, 3.63) is 0 Å². The summed E-state index contributed by atoms with van der Waals surface area (Å²) in [5.41, 5.74) is 0. The van der Waals surface area contributed by atoms with Gasteiger partial charge < -0.3 is 0 Å². The Balaban J connectivity index is -0.0000000569. The van der Waals surface area contributed by atoms with E-state index in [9.17, 15) is 0 Å². The second kappa shape index (κ2) is 29.6. The van der Waals surface area contributed by atoms with Gasteiger partial charge in [0.15, 0.2) is 0 Å². The fourth-order valence-corrected chi connectivity index (χ4v) is 0.677.